The smallest absolute Gasteiger partial charge is 0.293 e. The molecule has 2 aromatic carbocycles. The van der Waals surface area contributed by atoms with Gasteiger partial charge in [-0.3, -0.25) is 19.8 Å². The van der Waals surface area contributed by atoms with Crippen molar-refractivity contribution in [1.82, 2.24) is 4.90 Å². The van der Waals surface area contributed by atoms with Crippen LogP contribution in [0.3, 0.4) is 0 Å². The monoisotopic (exact) mass is 373 g/mol. The van der Waals surface area contributed by atoms with Gasteiger partial charge in [-0.2, -0.15) is 0 Å². The molecule has 0 aliphatic carbocycles. The van der Waals surface area contributed by atoms with E-state index in [0.29, 0.717) is 23.6 Å². The molecule has 0 aromatic heterocycles. The van der Waals surface area contributed by atoms with E-state index in [1.807, 2.05) is 12.1 Å². The van der Waals surface area contributed by atoms with Gasteiger partial charge in [-0.15, -0.1) is 0 Å². The molecule has 8 nitrogen and oxygen atoms in total. The van der Waals surface area contributed by atoms with Crippen molar-refractivity contribution >= 4 is 17.3 Å². The molecule has 27 heavy (non-hydrogen) atoms. The Morgan fingerprint density at radius 1 is 1.19 bits per heavy atom. The molecule has 0 aliphatic heterocycles. The van der Waals surface area contributed by atoms with Crippen molar-refractivity contribution in [1.29, 1.82) is 0 Å². The SMILES string of the molecule is COc1ccc(CN(C)CC(=O)Nc2c(C)cccc2[N+](=O)[O-])cc1OC. The molecule has 0 radical (unpaired) electrons. The van der Waals surface area contributed by atoms with Gasteiger partial charge in [0.2, 0.25) is 5.91 Å². The predicted molar refractivity (Wildman–Crippen MR) is 102 cm³/mol. The summed E-state index contributed by atoms with van der Waals surface area (Å²) in [5.41, 5.74) is 1.70. The first kappa shape index (κ1) is 20.2. The number of likely N-dealkylation sites (N-methyl/N-ethyl adjacent to an activating group) is 1. The number of nitro benzene ring substituents is 1. The van der Waals surface area contributed by atoms with Crippen LogP contribution < -0.4 is 14.8 Å². The zero-order valence-electron chi connectivity index (χ0n) is 15.8. The summed E-state index contributed by atoms with van der Waals surface area (Å²) < 4.78 is 10.5. The Kier molecular flexibility index (Phi) is 6.73. The Balaban J connectivity index is 2.04. The lowest BCUT2D eigenvalue weighted by Gasteiger charge is -2.18. The molecule has 0 saturated heterocycles. The van der Waals surface area contributed by atoms with Crippen LogP contribution >= 0.6 is 0 Å². The van der Waals surface area contributed by atoms with Gasteiger partial charge in [-0.05, 0) is 37.2 Å². The lowest BCUT2D eigenvalue weighted by Crippen LogP contribution is -2.30. The molecular weight excluding hydrogens is 350 g/mol. The van der Waals surface area contributed by atoms with E-state index in [9.17, 15) is 14.9 Å². The normalized spacial score (nSPS) is 10.6. The molecule has 0 spiro atoms. The minimum Gasteiger partial charge on any atom is -0.493 e. The first-order chi connectivity index (χ1) is 12.8. The Labute approximate surface area is 157 Å². The summed E-state index contributed by atoms with van der Waals surface area (Å²) >= 11 is 0. The molecule has 144 valence electrons. The fraction of sp³-hybridized carbons (Fsp3) is 0.316. The van der Waals surface area contributed by atoms with E-state index < -0.39 is 4.92 Å². The summed E-state index contributed by atoms with van der Waals surface area (Å²) in [6.07, 6.45) is 0. The second-order valence-corrected chi connectivity index (χ2v) is 6.14. The number of rotatable bonds is 8. The van der Waals surface area contributed by atoms with Crippen LogP contribution in [0.15, 0.2) is 36.4 Å². The number of benzene rings is 2. The number of nitrogens with zero attached hydrogens (tertiary/aromatic N) is 2. The van der Waals surface area contributed by atoms with Crippen molar-refractivity contribution in [3.8, 4) is 11.5 Å². The molecule has 8 heteroatoms. The maximum atomic E-state index is 12.3. The molecule has 0 aliphatic rings. The third-order valence-electron chi connectivity index (χ3n) is 4.03. The van der Waals surface area contributed by atoms with Crippen LogP contribution in [0.25, 0.3) is 0 Å². The van der Waals surface area contributed by atoms with Gasteiger partial charge in [-0.25, -0.2) is 0 Å². The highest BCUT2D eigenvalue weighted by Gasteiger charge is 2.18. The van der Waals surface area contributed by atoms with Gasteiger partial charge < -0.3 is 14.8 Å². The fourth-order valence-corrected chi connectivity index (χ4v) is 2.74. The molecule has 0 bridgehead atoms. The van der Waals surface area contributed by atoms with Gasteiger partial charge >= 0.3 is 0 Å². The summed E-state index contributed by atoms with van der Waals surface area (Å²) in [5.74, 6) is 0.923. The van der Waals surface area contributed by atoms with Crippen molar-refractivity contribution in [3.05, 3.63) is 57.6 Å². The second kappa shape index (κ2) is 9.00. The Morgan fingerprint density at radius 3 is 2.52 bits per heavy atom. The van der Waals surface area contributed by atoms with Crippen molar-refractivity contribution < 1.29 is 19.2 Å². The third-order valence-corrected chi connectivity index (χ3v) is 4.03. The predicted octanol–water partition coefficient (Wildman–Crippen LogP) is 2.99. The van der Waals surface area contributed by atoms with Crippen molar-refractivity contribution in [2.24, 2.45) is 0 Å². The van der Waals surface area contributed by atoms with Crippen LogP contribution in [0.5, 0.6) is 11.5 Å². The van der Waals surface area contributed by atoms with Crippen LogP contribution in [0.2, 0.25) is 0 Å². The minimum atomic E-state index is -0.504. The first-order valence-electron chi connectivity index (χ1n) is 8.29. The van der Waals surface area contributed by atoms with Gasteiger partial charge in [-0.1, -0.05) is 18.2 Å². The second-order valence-electron chi connectivity index (χ2n) is 6.14. The van der Waals surface area contributed by atoms with Gasteiger partial charge in [0, 0.05) is 12.6 Å². The molecular formula is C19H23N3O5. The number of hydrogen-bond donors (Lipinski definition) is 1. The van der Waals surface area contributed by atoms with Crippen LogP contribution in [0.1, 0.15) is 11.1 Å². The summed E-state index contributed by atoms with van der Waals surface area (Å²) in [4.78, 5) is 24.8. The molecule has 0 saturated carbocycles. The largest absolute Gasteiger partial charge is 0.493 e. The van der Waals surface area contributed by atoms with Crippen molar-refractivity contribution in [2.75, 3.05) is 33.1 Å². The first-order valence-corrected chi connectivity index (χ1v) is 8.29. The number of anilines is 1. The Morgan fingerprint density at radius 2 is 1.89 bits per heavy atom. The summed E-state index contributed by atoms with van der Waals surface area (Å²) in [7, 11) is 4.93. The molecule has 0 atom stereocenters. The lowest BCUT2D eigenvalue weighted by molar-refractivity contribution is -0.384. The summed E-state index contributed by atoms with van der Waals surface area (Å²) in [5, 5.41) is 13.8. The fourth-order valence-electron chi connectivity index (χ4n) is 2.74. The number of aryl methyl sites for hydroxylation is 1. The summed E-state index contributed by atoms with van der Waals surface area (Å²) in [6.45, 7) is 2.30. The molecule has 0 unspecified atom stereocenters. The quantitative estimate of drug-likeness (QED) is 0.565. The zero-order valence-corrected chi connectivity index (χ0v) is 15.8. The highest BCUT2D eigenvalue weighted by atomic mass is 16.6. The molecule has 0 heterocycles. The maximum Gasteiger partial charge on any atom is 0.293 e. The average Bonchev–Trinajstić information content (AvgIpc) is 2.62. The number of nitrogens with one attached hydrogen (secondary N) is 1. The van der Waals surface area contributed by atoms with Crippen molar-refractivity contribution in [2.45, 2.75) is 13.5 Å². The van der Waals surface area contributed by atoms with Crippen molar-refractivity contribution in [3.63, 3.8) is 0 Å². The molecule has 0 fully saturated rings. The van der Waals surface area contributed by atoms with E-state index >= 15 is 0 Å². The van der Waals surface area contributed by atoms with E-state index in [-0.39, 0.29) is 23.8 Å². The number of nitro groups is 1. The van der Waals surface area contributed by atoms with E-state index in [4.69, 9.17) is 9.47 Å². The van der Waals surface area contributed by atoms with E-state index in [2.05, 4.69) is 5.32 Å². The van der Waals surface area contributed by atoms with Crippen LogP contribution in [0.4, 0.5) is 11.4 Å². The lowest BCUT2D eigenvalue weighted by atomic mass is 10.1. The number of para-hydroxylation sites is 1. The molecule has 1 N–H and O–H groups in total. The van der Waals surface area contributed by atoms with E-state index in [1.165, 1.54) is 6.07 Å². The highest BCUT2D eigenvalue weighted by molar-refractivity contribution is 5.95. The maximum absolute atomic E-state index is 12.3. The molecule has 1 amide bonds. The number of amides is 1. The van der Waals surface area contributed by atoms with Gasteiger partial charge in [0.1, 0.15) is 5.69 Å². The van der Waals surface area contributed by atoms with Gasteiger partial charge in [0.15, 0.2) is 11.5 Å². The Hall–Kier alpha value is -3.13. The third kappa shape index (κ3) is 5.18. The highest BCUT2D eigenvalue weighted by Crippen LogP contribution is 2.29. The number of ether oxygens (including phenoxy) is 2. The number of methoxy groups -OCH3 is 2. The van der Waals surface area contributed by atoms with Crippen LogP contribution in [0, 0.1) is 17.0 Å². The zero-order chi connectivity index (χ0) is 20.0. The summed E-state index contributed by atoms with van der Waals surface area (Å²) in [6, 6.07) is 10.2. The molecule has 2 rings (SSSR count). The van der Waals surface area contributed by atoms with E-state index in [0.717, 1.165) is 5.56 Å². The molecule has 2 aromatic rings. The topological polar surface area (TPSA) is 93.9 Å². The number of hydrogen-bond acceptors (Lipinski definition) is 6. The Bertz CT molecular complexity index is 838. The minimum absolute atomic E-state index is 0.0832. The number of carbonyl (C=O) groups excluding carboxylic acids is 1. The van der Waals surface area contributed by atoms with Gasteiger partial charge in [0.05, 0.1) is 25.7 Å². The van der Waals surface area contributed by atoms with Crippen LogP contribution in [-0.2, 0) is 11.3 Å². The average molecular weight is 373 g/mol. The number of carbonyl (C=O) groups is 1. The van der Waals surface area contributed by atoms with Crippen LogP contribution in [-0.4, -0.2) is 43.5 Å². The standard InChI is InChI=1S/C19H23N3O5/c1-13-6-5-7-15(22(24)25)19(13)20-18(23)12-21(2)11-14-8-9-16(26-3)17(10-14)27-4/h5-10H,11-12H2,1-4H3,(H,20,23). The van der Waals surface area contributed by atoms with E-state index in [1.54, 1.807) is 51.3 Å². The van der Waals surface area contributed by atoms with Gasteiger partial charge in [0.25, 0.3) is 5.69 Å².